The largest absolute Gasteiger partial charge is 0.456 e. The van der Waals surface area contributed by atoms with Crippen LogP contribution >= 0.6 is 0 Å². The highest BCUT2D eigenvalue weighted by molar-refractivity contribution is 6.19. The molecule has 2 heterocycles. The number of benzene rings is 4. The molecule has 0 N–H and O–H groups in total. The van der Waals surface area contributed by atoms with Crippen molar-refractivity contribution in [2.24, 2.45) is 0 Å². The molecule has 0 fully saturated rings. The van der Waals surface area contributed by atoms with Crippen LogP contribution < -0.4 is 9.80 Å². The summed E-state index contributed by atoms with van der Waals surface area (Å²) in [5.74, 6) is 0. The van der Waals surface area contributed by atoms with Crippen LogP contribution in [0.25, 0.3) is 32.7 Å². The summed E-state index contributed by atoms with van der Waals surface area (Å²) in [7, 11) is 2.15. The highest BCUT2D eigenvalue weighted by Gasteiger charge is 2.31. The van der Waals surface area contributed by atoms with Crippen molar-refractivity contribution in [1.82, 2.24) is 0 Å². The van der Waals surface area contributed by atoms with Crippen LogP contribution in [0.3, 0.4) is 0 Å². The molecule has 0 unspecified atom stereocenters. The topological polar surface area (TPSA) is 19.6 Å². The first-order valence-corrected chi connectivity index (χ1v) is 9.67. The standard InChI is InChI=1S/C25H20N2O/c1-16-26(2)21-9-5-6-10-22(21)27(16)18-12-13-20-24(15-18)28-23-14-11-17-7-3-4-8-19(17)25(20)23/h3-16H,1-2H3/t16-/m0/s1. The summed E-state index contributed by atoms with van der Waals surface area (Å²) in [6, 6.07) is 27.9. The van der Waals surface area contributed by atoms with Gasteiger partial charge in [0.2, 0.25) is 0 Å². The minimum absolute atomic E-state index is 0.250. The van der Waals surface area contributed by atoms with E-state index in [0.29, 0.717) is 0 Å². The summed E-state index contributed by atoms with van der Waals surface area (Å²) in [5.41, 5.74) is 5.52. The first kappa shape index (κ1) is 15.6. The molecule has 0 amide bonds. The SMILES string of the molecule is C[C@H]1N(C)c2ccccc2N1c1ccc2c(c1)oc1ccc3ccccc3c12. The Balaban J connectivity index is 1.59. The van der Waals surface area contributed by atoms with E-state index in [1.54, 1.807) is 0 Å². The number of anilines is 3. The molecular formula is C25H20N2O. The Labute approximate surface area is 163 Å². The second-order valence-electron chi connectivity index (χ2n) is 7.54. The van der Waals surface area contributed by atoms with E-state index in [9.17, 15) is 0 Å². The van der Waals surface area contributed by atoms with Gasteiger partial charge in [-0.1, -0.05) is 42.5 Å². The maximum absolute atomic E-state index is 6.27. The van der Waals surface area contributed by atoms with Crippen molar-refractivity contribution >= 4 is 49.8 Å². The van der Waals surface area contributed by atoms with Gasteiger partial charge in [-0.2, -0.15) is 0 Å². The first-order valence-electron chi connectivity index (χ1n) is 9.67. The molecule has 1 aliphatic heterocycles. The summed E-state index contributed by atoms with van der Waals surface area (Å²) < 4.78 is 6.27. The highest BCUT2D eigenvalue weighted by atomic mass is 16.3. The summed E-state index contributed by atoms with van der Waals surface area (Å²) >= 11 is 0. The van der Waals surface area contributed by atoms with Crippen LogP contribution in [0.5, 0.6) is 0 Å². The first-order chi connectivity index (χ1) is 13.7. The normalized spacial score (nSPS) is 16.4. The van der Waals surface area contributed by atoms with Gasteiger partial charge in [-0.3, -0.25) is 0 Å². The molecule has 0 aliphatic carbocycles. The van der Waals surface area contributed by atoms with Gasteiger partial charge in [0, 0.05) is 29.6 Å². The van der Waals surface area contributed by atoms with E-state index in [1.165, 1.54) is 32.9 Å². The van der Waals surface area contributed by atoms with Crippen molar-refractivity contribution in [3.05, 3.63) is 78.9 Å². The number of rotatable bonds is 1. The number of hydrogen-bond acceptors (Lipinski definition) is 3. The lowest BCUT2D eigenvalue weighted by Gasteiger charge is -2.27. The van der Waals surface area contributed by atoms with Gasteiger partial charge in [0.25, 0.3) is 0 Å². The number of para-hydroxylation sites is 2. The quantitative estimate of drug-likeness (QED) is 0.331. The third-order valence-corrected chi connectivity index (χ3v) is 6.08. The molecule has 1 atom stereocenters. The predicted molar refractivity (Wildman–Crippen MR) is 118 cm³/mol. The molecule has 4 aromatic carbocycles. The van der Waals surface area contributed by atoms with E-state index in [0.717, 1.165) is 16.9 Å². The molecule has 1 aromatic heterocycles. The Morgan fingerprint density at radius 1 is 0.750 bits per heavy atom. The molecule has 5 aromatic rings. The van der Waals surface area contributed by atoms with E-state index < -0.39 is 0 Å². The monoisotopic (exact) mass is 364 g/mol. The van der Waals surface area contributed by atoms with Crippen molar-refractivity contribution in [2.45, 2.75) is 13.1 Å². The maximum Gasteiger partial charge on any atom is 0.137 e. The number of nitrogens with zero attached hydrogens (tertiary/aromatic N) is 2. The minimum Gasteiger partial charge on any atom is -0.456 e. The average molecular weight is 364 g/mol. The molecule has 3 nitrogen and oxygen atoms in total. The number of hydrogen-bond donors (Lipinski definition) is 0. The van der Waals surface area contributed by atoms with Crippen LogP contribution in [-0.4, -0.2) is 13.2 Å². The Kier molecular flexibility index (Phi) is 3.07. The molecule has 136 valence electrons. The zero-order valence-electron chi connectivity index (χ0n) is 15.9. The van der Waals surface area contributed by atoms with Gasteiger partial charge in [0.05, 0.1) is 11.4 Å². The molecule has 0 saturated heterocycles. The van der Waals surface area contributed by atoms with Crippen LogP contribution in [0.15, 0.2) is 83.3 Å². The van der Waals surface area contributed by atoms with E-state index >= 15 is 0 Å². The van der Waals surface area contributed by atoms with Crippen LogP contribution in [0.1, 0.15) is 6.92 Å². The lowest BCUT2D eigenvalue weighted by Crippen LogP contribution is -2.35. The smallest absolute Gasteiger partial charge is 0.137 e. The Hall–Kier alpha value is -3.46. The molecule has 0 saturated carbocycles. The fourth-order valence-corrected chi connectivity index (χ4v) is 4.58. The van der Waals surface area contributed by atoms with Crippen molar-refractivity contribution < 1.29 is 4.42 Å². The third-order valence-electron chi connectivity index (χ3n) is 6.08. The molecular weight excluding hydrogens is 344 g/mol. The Bertz CT molecular complexity index is 1370. The molecule has 0 bridgehead atoms. The molecule has 0 radical (unpaired) electrons. The van der Waals surface area contributed by atoms with Gasteiger partial charge in [-0.05, 0) is 48.0 Å². The Morgan fingerprint density at radius 2 is 1.54 bits per heavy atom. The van der Waals surface area contributed by atoms with Gasteiger partial charge in [-0.25, -0.2) is 0 Å². The van der Waals surface area contributed by atoms with Crippen LogP contribution in [0.4, 0.5) is 17.1 Å². The summed E-state index contributed by atoms with van der Waals surface area (Å²) in [6.07, 6.45) is 0.250. The zero-order valence-corrected chi connectivity index (χ0v) is 15.9. The second-order valence-corrected chi connectivity index (χ2v) is 7.54. The van der Waals surface area contributed by atoms with Crippen LogP contribution in [0, 0.1) is 0 Å². The van der Waals surface area contributed by atoms with Gasteiger partial charge in [0.15, 0.2) is 0 Å². The zero-order chi connectivity index (χ0) is 18.8. The lowest BCUT2D eigenvalue weighted by molar-refractivity contribution is 0.668. The van der Waals surface area contributed by atoms with Crippen LogP contribution in [0.2, 0.25) is 0 Å². The summed E-state index contributed by atoms with van der Waals surface area (Å²) in [6.45, 7) is 2.23. The highest BCUT2D eigenvalue weighted by Crippen LogP contribution is 2.44. The van der Waals surface area contributed by atoms with Crippen molar-refractivity contribution in [3.8, 4) is 0 Å². The summed E-state index contributed by atoms with van der Waals surface area (Å²) in [4.78, 5) is 4.69. The lowest BCUT2D eigenvalue weighted by atomic mass is 10.0. The van der Waals surface area contributed by atoms with Crippen molar-refractivity contribution in [3.63, 3.8) is 0 Å². The van der Waals surface area contributed by atoms with E-state index in [1.807, 2.05) is 0 Å². The molecule has 6 rings (SSSR count). The third kappa shape index (κ3) is 1.99. The van der Waals surface area contributed by atoms with Gasteiger partial charge >= 0.3 is 0 Å². The Morgan fingerprint density at radius 3 is 2.43 bits per heavy atom. The van der Waals surface area contributed by atoms with Crippen molar-refractivity contribution in [2.75, 3.05) is 16.8 Å². The predicted octanol–water partition coefficient (Wildman–Crippen LogP) is 6.67. The maximum atomic E-state index is 6.27. The van der Waals surface area contributed by atoms with Gasteiger partial charge in [-0.15, -0.1) is 0 Å². The molecule has 3 heteroatoms. The fraction of sp³-hybridized carbons (Fsp3) is 0.120. The van der Waals surface area contributed by atoms with Gasteiger partial charge in [0.1, 0.15) is 17.3 Å². The van der Waals surface area contributed by atoms with E-state index in [-0.39, 0.29) is 6.17 Å². The number of fused-ring (bicyclic) bond motifs is 6. The van der Waals surface area contributed by atoms with Crippen molar-refractivity contribution in [1.29, 1.82) is 0 Å². The second kappa shape index (κ2) is 5.52. The molecule has 0 spiro atoms. The minimum atomic E-state index is 0.250. The van der Waals surface area contributed by atoms with Gasteiger partial charge < -0.3 is 14.2 Å². The van der Waals surface area contributed by atoms with E-state index in [2.05, 4.69) is 103 Å². The average Bonchev–Trinajstić information content (AvgIpc) is 3.23. The van der Waals surface area contributed by atoms with Crippen LogP contribution in [-0.2, 0) is 0 Å². The number of furan rings is 1. The molecule has 28 heavy (non-hydrogen) atoms. The summed E-state index contributed by atoms with van der Waals surface area (Å²) in [5, 5.41) is 4.85. The van der Waals surface area contributed by atoms with E-state index in [4.69, 9.17) is 4.42 Å². The molecule has 1 aliphatic rings. The fourth-order valence-electron chi connectivity index (χ4n) is 4.58.